The lowest BCUT2D eigenvalue weighted by Gasteiger charge is -2.28. The number of carbonyl (C=O) groups is 1. The second kappa shape index (κ2) is 9.64. The first-order chi connectivity index (χ1) is 15.7. The highest BCUT2D eigenvalue weighted by Gasteiger charge is 2.21. The average molecular weight is 482 g/mol. The molecule has 32 heavy (non-hydrogen) atoms. The largest absolute Gasteiger partial charge is 0.337 e. The summed E-state index contributed by atoms with van der Waals surface area (Å²) in [6.07, 6.45) is 0.921. The maximum atomic E-state index is 12.8. The van der Waals surface area contributed by atoms with Crippen molar-refractivity contribution in [1.29, 1.82) is 0 Å². The topological polar surface area (TPSA) is 63.9 Å². The number of rotatable bonds is 7. The normalized spacial score (nSPS) is 13.5. The molecular formula is C23H23N5OS3. The van der Waals surface area contributed by atoms with Gasteiger partial charge in [0, 0.05) is 19.6 Å². The molecule has 1 aliphatic heterocycles. The van der Waals surface area contributed by atoms with Crippen molar-refractivity contribution >= 4 is 51.0 Å². The van der Waals surface area contributed by atoms with Crippen LogP contribution >= 0.6 is 34.9 Å². The highest BCUT2D eigenvalue weighted by atomic mass is 32.2. The van der Waals surface area contributed by atoms with Gasteiger partial charge < -0.3 is 9.47 Å². The van der Waals surface area contributed by atoms with E-state index in [0.29, 0.717) is 18.1 Å². The lowest BCUT2D eigenvalue weighted by atomic mass is 10.00. The molecule has 0 bridgehead atoms. The van der Waals surface area contributed by atoms with E-state index in [1.54, 1.807) is 23.1 Å². The zero-order chi connectivity index (χ0) is 21.9. The molecule has 0 aliphatic carbocycles. The number of para-hydroxylation sites is 1. The quantitative estimate of drug-likeness (QED) is 0.351. The number of nitrogens with zero attached hydrogens (tertiary/aromatic N) is 5. The van der Waals surface area contributed by atoms with Gasteiger partial charge in [-0.2, -0.15) is 0 Å². The molecule has 0 saturated carbocycles. The lowest BCUT2D eigenvalue weighted by molar-refractivity contribution is -0.129. The summed E-state index contributed by atoms with van der Waals surface area (Å²) in [5.74, 6) is 2.16. The summed E-state index contributed by atoms with van der Waals surface area (Å²) in [5, 5.41) is 9.57. The van der Waals surface area contributed by atoms with Crippen molar-refractivity contribution in [2.45, 2.75) is 41.7 Å². The van der Waals surface area contributed by atoms with E-state index in [1.807, 2.05) is 29.2 Å². The molecule has 0 atom stereocenters. The average Bonchev–Trinajstić information content (AvgIpc) is 3.43. The molecule has 5 rings (SSSR count). The van der Waals surface area contributed by atoms with Crippen LogP contribution in [0.2, 0.25) is 0 Å². The van der Waals surface area contributed by atoms with Crippen LogP contribution in [-0.4, -0.2) is 42.9 Å². The molecule has 9 heteroatoms. The number of benzene rings is 2. The van der Waals surface area contributed by atoms with Gasteiger partial charge in [-0.05, 0) is 36.6 Å². The van der Waals surface area contributed by atoms with E-state index in [1.165, 1.54) is 27.6 Å². The molecular weight excluding hydrogens is 458 g/mol. The minimum Gasteiger partial charge on any atom is -0.337 e. The van der Waals surface area contributed by atoms with Gasteiger partial charge in [0.1, 0.15) is 5.82 Å². The molecule has 164 valence electrons. The summed E-state index contributed by atoms with van der Waals surface area (Å²) in [6, 6.07) is 16.6. The number of carbonyl (C=O) groups excluding carboxylic acids is 1. The Balaban J connectivity index is 1.20. The van der Waals surface area contributed by atoms with Gasteiger partial charge in [-0.15, -0.1) is 21.5 Å². The van der Waals surface area contributed by atoms with E-state index in [0.717, 1.165) is 40.3 Å². The summed E-state index contributed by atoms with van der Waals surface area (Å²) >= 11 is 4.86. The molecule has 1 aliphatic rings. The second-order valence-electron chi connectivity index (χ2n) is 7.50. The molecule has 6 nitrogen and oxygen atoms in total. The van der Waals surface area contributed by atoms with Crippen molar-refractivity contribution in [1.82, 2.24) is 24.6 Å². The van der Waals surface area contributed by atoms with Crippen LogP contribution in [0.4, 0.5) is 0 Å². The molecule has 0 radical (unpaired) electrons. The summed E-state index contributed by atoms with van der Waals surface area (Å²) in [7, 11) is 0. The molecule has 3 heterocycles. The summed E-state index contributed by atoms with van der Waals surface area (Å²) in [4.78, 5) is 19.5. The second-order valence-corrected chi connectivity index (χ2v) is 10.7. The first kappa shape index (κ1) is 21.5. The van der Waals surface area contributed by atoms with Gasteiger partial charge in [-0.25, -0.2) is 4.98 Å². The number of amides is 1. The molecule has 0 spiro atoms. The van der Waals surface area contributed by atoms with Crippen LogP contribution < -0.4 is 0 Å². The van der Waals surface area contributed by atoms with E-state index in [9.17, 15) is 4.79 Å². The van der Waals surface area contributed by atoms with Gasteiger partial charge in [0.2, 0.25) is 5.91 Å². The fraction of sp³-hybridized carbons (Fsp3) is 0.304. The third-order valence-electron chi connectivity index (χ3n) is 5.52. The SMILES string of the molecule is CCn1c(CSc2nc3ccccc3s2)nnc1SCC(=O)N1CCc2ccccc2C1. The van der Waals surface area contributed by atoms with Gasteiger partial charge in [0.05, 0.1) is 21.7 Å². The molecule has 2 aromatic heterocycles. The predicted molar refractivity (Wildman–Crippen MR) is 131 cm³/mol. The molecule has 0 saturated heterocycles. The van der Waals surface area contributed by atoms with E-state index < -0.39 is 0 Å². The minimum absolute atomic E-state index is 0.153. The fourth-order valence-corrected chi connectivity index (χ4v) is 6.75. The van der Waals surface area contributed by atoms with Crippen molar-refractivity contribution in [3.05, 3.63) is 65.5 Å². The van der Waals surface area contributed by atoms with Crippen LogP contribution in [-0.2, 0) is 30.1 Å². The molecule has 4 aromatic rings. The van der Waals surface area contributed by atoms with Crippen LogP contribution in [0.1, 0.15) is 23.9 Å². The standard InChI is InChI=1S/C23H23N5OS3/c1-2-28-20(14-31-23-24-18-9-5-6-10-19(18)32-23)25-26-22(28)30-15-21(29)27-12-11-16-7-3-4-8-17(16)13-27/h3-10H,2,11-15H2,1H3. The third-order valence-corrected chi connectivity index (χ3v) is 8.64. The maximum Gasteiger partial charge on any atom is 0.233 e. The predicted octanol–water partition coefficient (Wildman–Crippen LogP) is 4.88. The number of fused-ring (bicyclic) bond motifs is 2. The Morgan fingerprint density at radius 2 is 1.88 bits per heavy atom. The number of aromatic nitrogens is 4. The van der Waals surface area contributed by atoms with E-state index in [4.69, 9.17) is 0 Å². The first-order valence-corrected chi connectivity index (χ1v) is 13.4. The van der Waals surface area contributed by atoms with Crippen LogP contribution in [0.25, 0.3) is 10.2 Å². The highest BCUT2D eigenvalue weighted by molar-refractivity contribution is 8.00. The molecule has 0 unspecified atom stereocenters. The maximum absolute atomic E-state index is 12.8. The Bertz CT molecular complexity index is 1220. The summed E-state index contributed by atoms with van der Waals surface area (Å²) < 4.78 is 4.33. The van der Waals surface area contributed by atoms with E-state index in [-0.39, 0.29) is 5.91 Å². The van der Waals surface area contributed by atoms with Crippen molar-refractivity contribution in [3.8, 4) is 0 Å². The molecule has 0 fully saturated rings. The molecule has 0 N–H and O–H groups in total. The Labute approximate surface area is 199 Å². The van der Waals surface area contributed by atoms with Gasteiger partial charge in [-0.3, -0.25) is 4.79 Å². The van der Waals surface area contributed by atoms with E-state index >= 15 is 0 Å². The van der Waals surface area contributed by atoms with Crippen molar-refractivity contribution in [2.24, 2.45) is 0 Å². The highest BCUT2D eigenvalue weighted by Crippen LogP contribution is 2.31. The summed E-state index contributed by atoms with van der Waals surface area (Å²) in [5.41, 5.74) is 3.64. The lowest BCUT2D eigenvalue weighted by Crippen LogP contribution is -2.37. The van der Waals surface area contributed by atoms with Crippen molar-refractivity contribution in [3.63, 3.8) is 0 Å². The van der Waals surface area contributed by atoms with Gasteiger partial charge in [-0.1, -0.05) is 59.9 Å². The van der Waals surface area contributed by atoms with Crippen LogP contribution in [0.15, 0.2) is 58.0 Å². The number of thiazole rings is 1. The fourth-order valence-electron chi connectivity index (χ4n) is 3.82. The third kappa shape index (κ3) is 4.55. The van der Waals surface area contributed by atoms with Gasteiger partial charge in [0.15, 0.2) is 9.50 Å². The van der Waals surface area contributed by atoms with Crippen LogP contribution in [0.5, 0.6) is 0 Å². The molecule has 1 amide bonds. The Kier molecular flexibility index (Phi) is 6.47. The Morgan fingerprint density at radius 3 is 2.72 bits per heavy atom. The smallest absolute Gasteiger partial charge is 0.233 e. The first-order valence-electron chi connectivity index (χ1n) is 10.6. The monoisotopic (exact) mass is 481 g/mol. The zero-order valence-electron chi connectivity index (χ0n) is 17.7. The van der Waals surface area contributed by atoms with Crippen molar-refractivity contribution < 1.29 is 4.79 Å². The van der Waals surface area contributed by atoms with Crippen LogP contribution in [0, 0.1) is 0 Å². The van der Waals surface area contributed by atoms with E-state index in [2.05, 4.69) is 50.9 Å². The van der Waals surface area contributed by atoms with Gasteiger partial charge in [0.25, 0.3) is 0 Å². The van der Waals surface area contributed by atoms with Crippen LogP contribution in [0.3, 0.4) is 0 Å². The number of hydrogen-bond acceptors (Lipinski definition) is 7. The Morgan fingerprint density at radius 1 is 1.06 bits per heavy atom. The number of thioether (sulfide) groups is 2. The Hall–Kier alpha value is -2.36. The van der Waals surface area contributed by atoms with Crippen molar-refractivity contribution in [2.75, 3.05) is 12.3 Å². The molecule has 2 aromatic carbocycles. The van der Waals surface area contributed by atoms with Gasteiger partial charge >= 0.3 is 0 Å². The zero-order valence-corrected chi connectivity index (χ0v) is 20.2. The summed E-state index contributed by atoms with van der Waals surface area (Å²) in [6.45, 7) is 4.33. The minimum atomic E-state index is 0.153. The number of hydrogen-bond donors (Lipinski definition) is 0.